The summed E-state index contributed by atoms with van der Waals surface area (Å²) in [5, 5.41) is 4.79. The van der Waals surface area contributed by atoms with Crippen LogP contribution in [0.4, 0.5) is 0 Å². The van der Waals surface area contributed by atoms with E-state index in [1.165, 1.54) is 38.5 Å². The van der Waals surface area contributed by atoms with Gasteiger partial charge in [0.25, 0.3) is 0 Å². The highest BCUT2D eigenvalue weighted by Gasteiger charge is 2.18. The van der Waals surface area contributed by atoms with E-state index in [-0.39, 0.29) is 0 Å². The van der Waals surface area contributed by atoms with E-state index >= 15 is 0 Å². The molecule has 0 aromatic heterocycles. The first-order chi connectivity index (χ1) is 13.6. The van der Waals surface area contributed by atoms with Crippen LogP contribution in [0.15, 0.2) is 34.8 Å². The molecular formula is C22H26BrCl2NO2. The highest BCUT2D eigenvalue weighted by Crippen LogP contribution is 2.37. The summed E-state index contributed by atoms with van der Waals surface area (Å²) in [5.41, 5.74) is 2.03. The van der Waals surface area contributed by atoms with Gasteiger partial charge in [-0.2, -0.15) is 0 Å². The number of benzene rings is 2. The Hall–Kier alpha value is -0.940. The van der Waals surface area contributed by atoms with Crippen LogP contribution in [0.3, 0.4) is 0 Å². The van der Waals surface area contributed by atoms with E-state index in [4.69, 9.17) is 32.7 Å². The van der Waals surface area contributed by atoms with E-state index in [0.717, 1.165) is 33.6 Å². The Labute approximate surface area is 185 Å². The molecule has 3 nitrogen and oxygen atoms in total. The molecule has 2 aromatic carbocycles. The van der Waals surface area contributed by atoms with Gasteiger partial charge < -0.3 is 14.8 Å². The van der Waals surface area contributed by atoms with E-state index in [1.54, 1.807) is 13.2 Å². The van der Waals surface area contributed by atoms with Crippen molar-refractivity contribution in [2.75, 3.05) is 7.11 Å². The number of nitrogens with one attached hydrogen (secondary N) is 1. The molecule has 0 saturated heterocycles. The molecule has 28 heavy (non-hydrogen) atoms. The van der Waals surface area contributed by atoms with Crippen molar-refractivity contribution in [2.24, 2.45) is 0 Å². The molecule has 1 fully saturated rings. The maximum Gasteiger partial charge on any atom is 0.167 e. The maximum absolute atomic E-state index is 6.19. The Bertz CT molecular complexity index is 792. The molecule has 1 aliphatic carbocycles. The van der Waals surface area contributed by atoms with Gasteiger partial charge in [0.15, 0.2) is 11.5 Å². The highest BCUT2D eigenvalue weighted by molar-refractivity contribution is 9.10. The quantitative estimate of drug-likeness (QED) is 0.421. The SMILES string of the molecule is COc1ccc(Br)c(CNC2CCCCCC2)c1OCc1ccc(Cl)c(Cl)c1. The third-order valence-corrected chi connectivity index (χ3v) is 6.66. The Balaban J connectivity index is 1.75. The van der Waals surface area contributed by atoms with Gasteiger partial charge in [0.1, 0.15) is 6.61 Å². The molecule has 3 rings (SSSR count). The Morgan fingerprint density at radius 2 is 1.79 bits per heavy atom. The fourth-order valence-corrected chi connectivity index (χ4v) is 4.35. The van der Waals surface area contributed by atoms with Crippen LogP contribution in [-0.2, 0) is 13.2 Å². The van der Waals surface area contributed by atoms with Gasteiger partial charge in [-0.05, 0) is 42.7 Å². The minimum Gasteiger partial charge on any atom is -0.493 e. The van der Waals surface area contributed by atoms with Crippen molar-refractivity contribution >= 4 is 39.1 Å². The molecule has 0 amide bonds. The zero-order chi connectivity index (χ0) is 19.9. The molecule has 1 saturated carbocycles. The minimum atomic E-state index is 0.389. The summed E-state index contributed by atoms with van der Waals surface area (Å²) in [6, 6.07) is 10.0. The lowest BCUT2D eigenvalue weighted by molar-refractivity contribution is 0.279. The molecule has 0 aliphatic heterocycles. The van der Waals surface area contributed by atoms with Crippen molar-refractivity contribution in [3.63, 3.8) is 0 Å². The van der Waals surface area contributed by atoms with E-state index in [2.05, 4.69) is 21.2 Å². The lowest BCUT2D eigenvalue weighted by Gasteiger charge is -2.20. The van der Waals surface area contributed by atoms with E-state index in [0.29, 0.717) is 22.7 Å². The Morgan fingerprint density at radius 1 is 1.04 bits per heavy atom. The molecule has 0 atom stereocenters. The van der Waals surface area contributed by atoms with Gasteiger partial charge in [0, 0.05) is 22.6 Å². The fraction of sp³-hybridized carbons (Fsp3) is 0.455. The molecule has 0 radical (unpaired) electrons. The van der Waals surface area contributed by atoms with E-state index in [9.17, 15) is 0 Å². The van der Waals surface area contributed by atoms with Crippen LogP contribution in [0, 0.1) is 0 Å². The second-order valence-electron chi connectivity index (χ2n) is 7.16. The van der Waals surface area contributed by atoms with Gasteiger partial charge in [0.05, 0.1) is 17.2 Å². The summed E-state index contributed by atoms with van der Waals surface area (Å²) in [4.78, 5) is 0. The summed E-state index contributed by atoms with van der Waals surface area (Å²) in [7, 11) is 1.66. The molecule has 152 valence electrons. The van der Waals surface area contributed by atoms with Gasteiger partial charge in [-0.25, -0.2) is 0 Å². The third kappa shape index (κ3) is 5.79. The molecule has 0 spiro atoms. The maximum atomic E-state index is 6.19. The average molecular weight is 487 g/mol. The third-order valence-electron chi connectivity index (χ3n) is 5.18. The molecule has 0 bridgehead atoms. The average Bonchev–Trinajstić information content (AvgIpc) is 2.97. The first kappa shape index (κ1) is 21.8. The lowest BCUT2D eigenvalue weighted by atomic mass is 10.1. The van der Waals surface area contributed by atoms with E-state index < -0.39 is 0 Å². The normalized spacial score (nSPS) is 15.3. The van der Waals surface area contributed by atoms with Crippen LogP contribution < -0.4 is 14.8 Å². The lowest BCUT2D eigenvalue weighted by Crippen LogP contribution is -2.28. The van der Waals surface area contributed by atoms with Crippen molar-refractivity contribution < 1.29 is 9.47 Å². The fourth-order valence-electron chi connectivity index (χ4n) is 3.58. The van der Waals surface area contributed by atoms with Crippen LogP contribution in [0.1, 0.15) is 49.7 Å². The summed E-state index contributed by atoms with van der Waals surface area (Å²) >= 11 is 15.8. The molecule has 2 aromatic rings. The second kappa shape index (κ2) is 10.7. The zero-order valence-electron chi connectivity index (χ0n) is 16.1. The molecule has 0 heterocycles. The second-order valence-corrected chi connectivity index (χ2v) is 8.83. The van der Waals surface area contributed by atoms with Crippen LogP contribution in [0.25, 0.3) is 0 Å². The summed E-state index contributed by atoms with van der Waals surface area (Å²) in [5.74, 6) is 1.48. The summed E-state index contributed by atoms with van der Waals surface area (Å²) in [6.45, 7) is 1.12. The van der Waals surface area contributed by atoms with Crippen molar-refractivity contribution in [2.45, 2.75) is 57.7 Å². The number of rotatable bonds is 7. The number of hydrogen-bond donors (Lipinski definition) is 1. The highest BCUT2D eigenvalue weighted by atomic mass is 79.9. The first-order valence-corrected chi connectivity index (χ1v) is 11.3. The van der Waals surface area contributed by atoms with Crippen molar-refractivity contribution in [1.29, 1.82) is 0 Å². The predicted molar refractivity (Wildman–Crippen MR) is 120 cm³/mol. The van der Waals surface area contributed by atoms with Gasteiger partial charge in [-0.1, -0.05) is 70.9 Å². The number of halogens is 3. The molecule has 0 unspecified atom stereocenters. The minimum absolute atomic E-state index is 0.389. The topological polar surface area (TPSA) is 30.5 Å². The van der Waals surface area contributed by atoms with E-state index in [1.807, 2.05) is 24.3 Å². The molecule has 6 heteroatoms. The predicted octanol–water partition coefficient (Wildman–Crippen LogP) is 7.16. The van der Waals surface area contributed by atoms with Crippen LogP contribution in [0.2, 0.25) is 10.0 Å². The molecule has 1 aliphatic rings. The van der Waals surface area contributed by atoms with Crippen molar-refractivity contribution in [3.8, 4) is 11.5 Å². The number of methoxy groups -OCH3 is 1. The van der Waals surface area contributed by atoms with Crippen LogP contribution in [0.5, 0.6) is 11.5 Å². The van der Waals surface area contributed by atoms with Gasteiger partial charge in [-0.15, -0.1) is 0 Å². The largest absolute Gasteiger partial charge is 0.493 e. The van der Waals surface area contributed by atoms with Crippen LogP contribution >= 0.6 is 39.1 Å². The van der Waals surface area contributed by atoms with Crippen molar-refractivity contribution in [3.05, 3.63) is 56.0 Å². The Kier molecular flexibility index (Phi) is 8.34. The van der Waals surface area contributed by atoms with Crippen LogP contribution in [-0.4, -0.2) is 13.2 Å². The van der Waals surface area contributed by atoms with Gasteiger partial charge >= 0.3 is 0 Å². The summed E-state index contributed by atoms with van der Waals surface area (Å²) in [6.07, 6.45) is 7.77. The van der Waals surface area contributed by atoms with Crippen molar-refractivity contribution in [1.82, 2.24) is 5.32 Å². The zero-order valence-corrected chi connectivity index (χ0v) is 19.2. The smallest absolute Gasteiger partial charge is 0.167 e. The number of hydrogen-bond acceptors (Lipinski definition) is 3. The monoisotopic (exact) mass is 485 g/mol. The number of ether oxygens (including phenoxy) is 2. The standard InChI is InChI=1S/C22H26BrCl2NO2/c1-27-21-11-9-18(23)17(13-26-16-6-4-2-3-5-7-16)22(21)28-14-15-8-10-19(24)20(25)12-15/h8-12,16,26H,2-7,13-14H2,1H3. The van der Waals surface area contributed by atoms with Gasteiger partial charge in [0.2, 0.25) is 0 Å². The Morgan fingerprint density at radius 3 is 2.46 bits per heavy atom. The first-order valence-electron chi connectivity index (χ1n) is 9.74. The molecule has 1 N–H and O–H groups in total. The van der Waals surface area contributed by atoms with Gasteiger partial charge in [-0.3, -0.25) is 0 Å². The summed E-state index contributed by atoms with van der Waals surface area (Å²) < 4.78 is 12.8. The molecular weight excluding hydrogens is 461 g/mol.